The molecular weight excluding hydrogens is 360 g/mol. The summed E-state index contributed by atoms with van der Waals surface area (Å²) in [6.45, 7) is 2.77. The molecule has 0 unspecified atom stereocenters. The molecule has 1 aromatic carbocycles. The van der Waals surface area contributed by atoms with Crippen LogP contribution in [0.2, 0.25) is 0 Å². The molecule has 0 radical (unpaired) electrons. The van der Waals surface area contributed by atoms with Crippen molar-refractivity contribution in [2.24, 2.45) is 0 Å². The maximum absolute atomic E-state index is 11.9. The Morgan fingerprint density at radius 2 is 1.28 bits per heavy atom. The van der Waals surface area contributed by atoms with Gasteiger partial charge in [0.25, 0.3) is 0 Å². The van der Waals surface area contributed by atoms with Gasteiger partial charge in [-0.15, -0.1) is 0 Å². The molecule has 29 heavy (non-hydrogen) atoms. The summed E-state index contributed by atoms with van der Waals surface area (Å²) in [6.07, 6.45) is 22.6. The fourth-order valence-corrected chi connectivity index (χ4v) is 3.32. The number of allylic oxidation sites excluding steroid dienone is 2. The smallest absolute Gasteiger partial charge is 0.338 e. The lowest BCUT2D eigenvalue weighted by molar-refractivity contribution is 0.0497. The SMILES string of the molecule is CCCCCCCC/C=C\CCCCCCCCOC(=O)c1ccc(OC)cc1. The van der Waals surface area contributed by atoms with E-state index in [-0.39, 0.29) is 5.97 Å². The van der Waals surface area contributed by atoms with Gasteiger partial charge in [0.05, 0.1) is 19.3 Å². The van der Waals surface area contributed by atoms with E-state index in [1.54, 1.807) is 31.4 Å². The van der Waals surface area contributed by atoms with E-state index in [4.69, 9.17) is 9.47 Å². The van der Waals surface area contributed by atoms with Gasteiger partial charge < -0.3 is 9.47 Å². The zero-order valence-corrected chi connectivity index (χ0v) is 18.8. The van der Waals surface area contributed by atoms with Crippen LogP contribution >= 0.6 is 0 Å². The van der Waals surface area contributed by atoms with Crippen molar-refractivity contribution in [3.8, 4) is 5.75 Å². The maximum atomic E-state index is 11.9. The summed E-state index contributed by atoms with van der Waals surface area (Å²) in [5.41, 5.74) is 0.579. The van der Waals surface area contributed by atoms with E-state index in [2.05, 4.69) is 19.1 Å². The van der Waals surface area contributed by atoms with Crippen molar-refractivity contribution >= 4 is 5.97 Å². The maximum Gasteiger partial charge on any atom is 0.338 e. The molecule has 0 aliphatic heterocycles. The summed E-state index contributed by atoms with van der Waals surface area (Å²) in [5, 5.41) is 0. The first-order valence-electron chi connectivity index (χ1n) is 11.7. The molecule has 164 valence electrons. The van der Waals surface area contributed by atoms with Gasteiger partial charge in [0, 0.05) is 0 Å². The van der Waals surface area contributed by atoms with Crippen LogP contribution in [-0.2, 0) is 4.74 Å². The van der Waals surface area contributed by atoms with Gasteiger partial charge in [0.2, 0.25) is 0 Å². The quantitative estimate of drug-likeness (QED) is 0.142. The number of hydrogen-bond acceptors (Lipinski definition) is 3. The standard InChI is InChI=1S/C26H42O3/c1-3-4-5-6-7-8-9-10-11-12-13-14-15-16-17-18-23-29-26(27)24-19-21-25(28-2)22-20-24/h10-11,19-22H,3-9,12-18,23H2,1-2H3/b11-10-. The number of rotatable bonds is 18. The van der Waals surface area contributed by atoms with E-state index >= 15 is 0 Å². The van der Waals surface area contributed by atoms with Crippen LogP contribution in [0.15, 0.2) is 36.4 Å². The molecule has 0 bridgehead atoms. The number of hydrogen-bond donors (Lipinski definition) is 0. The fourth-order valence-electron chi connectivity index (χ4n) is 3.32. The van der Waals surface area contributed by atoms with E-state index in [0.29, 0.717) is 12.2 Å². The minimum absolute atomic E-state index is 0.250. The number of benzene rings is 1. The second kappa shape index (κ2) is 18.3. The van der Waals surface area contributed by atoms with Crippen molar-refractivity contribution in [1.82, 2.24) is 0 Å². The predicted octanol–water partition coefficient (Wildman–Crippen LogP) is 7.89. The first-order valence-corrected chi connectivity index (χ1v) is 11.7. The Hall–Kier alpha value is -1.77. The van der Waals surface area contributed by atoms with E-state index in [0.717, 1.165) is 18.6 Å². The Kier molecular flexibility index (Phi) is 15.9. The van der Waals surface area contributed by atoms with Gasteiger partial charge in [-0.1, -0.05) is 76.9 Å². The Labute approximate surface area is 178 Å². The highest BCUT2D eigenvalue weighted by Crippen LogP contribution is 2.13. The number of carbonyl (C=O) groups is 1. The highest BCUT2D eigenvalue weighted by atomic mass is 16.5. The van der Waals surface area contributed by atoms with Crippen LogP contribution in [0.5, 0.6) is 5.75 Å². The van der Waals surface area contributed by atoms with Gasteiger partial charge in [-0.3, -0.25) is 0 Å². The van der Waals surface area contributed by atoms with Crippen molar-refractivity contribution in [3.05, 3.63) is 42.0 Å². The number of ether oxygens (including phenoxy) is 2. The third-order valence-electron chi connectivity index (χ3n) is 5.22. The van der Waals surface area contributed by atoms with Crippen LogP contribution in [0.1, 0.15) is 107 Å². The minimum atomic E-state index is -0.250. The van der Waals surface area contributed by atoms with Crippen LogP contribution in [0.25, 0.3) is 0 Å². The van der Waals surface area contributed by atoms with Crippen molar-refractivity contribution < 1.29 is 14.3 Å². The Morgan fingerprint density at radius 3 is 1.83 bits per heavy atom. The second-order valence-corrected chi connectivity index (χ2v) is 7.80. The first-order chi connectivity index (χ1) is 14.3. The average molecular weight is 403 g/mol. The summed E-state index contributed by atoms with van der Waals surface area (Å²) in [7, 11) is 1.61. The fraction of sp³-hybridized carbons (Fsp3) is 0.654. The third-order valence-corrected chi connectivity index (χ3v) is 5.22. The van der Waals surface area contributed by atoms with Crippen molar-refractivity contribution in [2.75, 3.05) is 13.7 Å². The van der Waals surface area contributed by atoms with Crippen LogP contribution in [-0.4, -0.2) is 19.7 Å². The molecule has 0 heterocycles. The molecule has 0 amide bonds. The molecule has 0 saturated carbocycles. The predicted molar refractivity (Wildman–Crippen MR) is 123 cm³/mol. The second-order valence-electron chi connectivity index (χ2n) is 7.80. The zero-order chi connectivity index (χ0) is 21.0. The van der Waals surface area contributed by atoms with Crippen molar-refractivity contribution in [3.63, 3.8) is 0 Å². The number of methoxy groups -OCH3 is 1. The third kappa shape index (κ3) is 13.9. The molecule has 1 aromatic rings. The minimum Gasteiger partial charge on any atom is -0.497 e. The number of carbonyl (C=O) groups excluding carboxylic acids is 1. The number of unbranched alkanes of at least 4 members (excludes halogenated alkanes) is 12. The lowest BCUT2D eigenvalue weighted by Gasteiger charge is -2.06. The van der Waals surface area contributed by atoms with E-state index in [1.807, 2.05) is 0 Å². The molecule has 0 N–H and O–H groups in total. The van der Waals surface area contributed by atoms with Crippen molar-refractivity contribution in [1.29, 1.82) is 0 Å². The van der Waals surface area contributed by atoms with Crippen LogP contribution < -0.4 is 4.74 Å². The molecule has 0 fully saturated rings. The van der Waals surface area contributed by atoms with Gasteiger partial charge in [0.15, 0.2) is 0 Å². The molecule has 0 atom stereocenters. The molecule has 0 saturated heterocycles. The molecule has 0 aliphatic rings. The Morgan fingerprint density at radius 1 is 0.759 bits per heavy atom. The highest BCUT2D eigenvalue weighted by Gasteiger charge is 2.06. The van der Waals surface area contributed by atoms with Gasteiger partial charge in [-0.25, -0.2) is 4.79 Å². The lowest BCUT2D eigenvalue weighted by Crippen LogP contribution is -2.06. The Bertz CT molecular complexity index is 533. The zero-order valence-electron chi connectivity index (χ0n) is 18.8. The van der Waals surface area contributed by atoms with E-state index in [1.165, 1.54) is 77.0 Å². The molecule has 1 rings (SSSR count). The summed E-state index contributed by atoms with van der Waals surface area (Å²) in [6, 6.07) is 7.04. The topological polar surface area (TPSA) is 35.5 Å². The van der Waals surface area contributed by atoms with Crippen LogP contribution in [0.3, 0.4) is 0 Å². The highest BCUT2D eigenvalue weighted by molar-refractivity contribution is 5.89. The Balaban J connectivity index is 1.86. The summed E-state index contributed by atoms with van der Waals surface area (Å²) >= 11 is 0. The average Bonchev–Trinajstić information content (AvgIpc) is 2.75. The molecule has 0 aliphatic carbocycles. The van der Waals surface area contributed by atoms with Gasteiger partial charge in [-0.2, -0.15) is 0 Å². The molecular formula is C26H42O3. The van der Waals surface area contributed by atoms with E-state index < -0.39 is 0 Å². The van der Waals surface area contributed by atoms with Gasteiger partial charge >= 0.3 is 5.97 Å². The largest absolute Gasteiger partial charge is 0.497 e. The molecule has 0 spiro atoms. The lowest BCUT2D eigenvalue weighted by atomic mass is 10.1. The van der Waals surface area contributed by atoms with Crippen LogP contribution in [0.4, 0.5) is 0 Å². The van der Waals surface area contributed by atoms with Gasteiger partial charge in [-0.05, 0) is 56.4 Å². The summed E-state index contributed by atoms with van der Waals surface area (Å²) in [5.74, 6) is 0.496. The van der Waals surface area contributed by atoms with Crippen molar-refractivity contribution in [2.45, 2.75) is 96.8 Å². The number of esters is 1. The summed E-state index contributed by atoms with van der Waals surface area (Å²) in [4.78, 5) is 11.9. The summed E-state index contributed by atoms with van der Waals surface area (Å²) < 4.78 is 10.4. The molecule has 3 heteroatoms. The van der Waals surface area contributed by atoms with E-state index in [9.17, 15) is 4.79 Å². The first kappa shape index (κ1) is 25.3. The monoisotopic (exact) mass is 402 g/mol. The molecule has 0 aromatic heterocycles. The molecule has 3 nitrogen and oxygen atoms in total. The van der Waals surface area contributed by atoms with Gasteiger partial charge in [0.1, 0.15) is 5.75 Å². The van der Waals surface area contributed by atoms with Crippen LogP contribution in [0, 0.1) is 0 Å². The normalized spacial score (nSPS) is 11.1.